The summed E-state index contributed by atoms with van der Waals surface area (Å²) in [7, 11) is 0. The highest BCUT2D eigenvalue weighted by Gasteiger charge is 2.29. The minimum absolute atomic E-state index is 0.0453. The van der Waals surface area contributed by atoms with Gasteiger partial charge < -0.3 is 18.9 Å². The van der Waals surface area contributed by atoms with E-state index in [1.54, 1.807) is 17.0 Å². The van der Waals surface area contributed by atoms with Crippen LogP contribution < -0.4 is 19.1 Å². The molecule has 0 N–H and O–H groups in total. The number of ether oxygens (including phenoxy) is 4. The molecule has 2 heterocycles. The Hall–Kier alpha value is -2.55. The topological polar surface area (TPSA) is 70.1 Å². The number of carbonyl (C=O) groups excluding carboxylic acids is 1. The van der Waals surface area contributed by atoms with Gasteiger partial charge in [-0.3, -0.25) is 9.69 Å². The number of aryl methyl sites for hydroxylation is 1. The molecule has 1 saturated heterocycles. The van der Waals surface area contributed by atoms with Crippen molar-refractivity contribution in [3.05, 3.63) is 40.4 Å². The summed E-state index contributed by atoms with van der Waals surface area (Å²) in [6, 6.07) is 7.21. The van der Waals surface area contributed by atoms with E-state index in [0.29, 0.717) is 65.9 Å². The first kappa shape index (κ1) is 25.5. The molecule has 1 aliphatic heterocycles. The molecule has 0 aliphatic carbocycles. The molecule has 0 saturated carbocycles. The molecule has 1 atom stereocenters. The van der Waals surface area contributed by atoms with Crippen molar-refractivity contribution in [1.29, 1.82) is 0 Å². The molecule has 4 rings (SSSR count). The minimum Gasteiger partial charge on any atom is -0.490 e. The van der Waals surface area contributed by atoms with Crippen LogP contribution in [0.2, 0.25) is 5.02 Å². The van der Waals surface area contributed by atoms with Crippen LogP contribution in [0.25, 0.3) is 10.2 Å². The van der Waals surface area contributed by atoms with Crippen molar-refractivity contribution in [3.8, 4) is 17.2 Å². The Morgan fingerprint density at radius 3 is 2.40 bits per heavy atom. The highest BCUT2D eigenvalue weighted by Crippen LogP contribution is 2.40. The second-order valence-electron chi connectivity index (χ2n) is 8.22. The molecule has 1 amide bonds. The number of benzene rings is 2. The molecular weight excluding hydrogens is 488 g/mol. The van der Waals surface area contributed by atoms with Crippen molar-refractivity contribution in [1.82, 2.24) is 4.98 Å². The van der Waals surface area contributed by atoms with Gasteiger partial charge in [-0.1, -0.05) is 22.9 Å². The van der Waals surface area contributed by atoms with Crippen LogP contribution in [-0.2, 0) is 4.74 Å². The molecule has 1 aliphatic rings. The van der Waals surface area contributed by atoms with E-state index in [-0.39, 0.29) is 12.0 Å². The number of anilines is 1. The first-order chi connectivity index (χ1) is 16.9. The molecule has 1 unspecified atom stereocenters. The van der Waals surface area contributed by atoms with E-state index in [9.17, 15) is 4.79 Å². The molecule has 35 heavy (non-hydrogen) atoms. The third-order valence-electron chi connectivity index (χ3n) is 5.68. The van der Waals surface area contributed by atoms with Crippen molar-refractivity contribution in [3.63, 3.8) is 0 Å². The molecule has 2 aromatic carbocycles. The normalized spacial score (nSPS) is 15.4. The van der Waals surface area contributed by atoms with Crippen molar-refractivity contribution >= 4 is 44.2 Å². The summed E-state index contributed by atoms with van der Waals surface area (Å²) >= 11 is 7.73. The fourth-order valence-electron chi connectivity index (χ4n) is 4.17. The number of aromatic nitrogens is 1. The van der Waals surface area contributed by atoms with Crippen molar-refractivity contribution < 1.29 is 23.7 Å². The molecule has 188 valence electrons. The summed E-state index contributed by atoms with van der Waals surface area (Å²) in [5, 5.41) is 1.26. The van der Waals surface area contributed by atoms with E-state index in [1.807, 2.05) is 39.8 Å². The Balaban J connectivity index is 1.79. The predicted octanol–water partition coefficient (Wildman–Crippen LogP) is 6.28. The molecular formula is C26H31ClN2O5S. The lowest BCUT2D eigenvalue weighted by Crippen LogP contribution is -2.37. The molecule has 0 radical (unpaired) electrons. The molecule has 7 nitrogen and oxygen atoms in total. The summed E-state index contributed by atoms with van der Waals surface area (Å²) < 4.78 is 24.3. The van der Waals surface area contributed by atoms with Crippen molar-refractivity contribution in [2.24, 2.45) is 0 Å². The number of nitrogens with zero attached hydrogens (tertiary/aromatic N) is 2. The average molecular weight is 519 g/mol. The van der Waals surface area contributed by atoms with Gasteiger partial charge in [-0.05, 0) is 70.4 Å². The van der Waals surface area contributed by atoms with Crippen LogP contribution in [0, 0.1) is 6.92 Å². The molecule has 3 aromatic rings. The van der Waals surface area contributed by atoms with E-state index in [2.05, 4.69) is 0 Å². The monoisotopic (exact) mass is 518 g/mol. The van der Waals surface area contributed by atoms with Crippen LogP contribution in [0.3, 0.4) is 0 Å². The number of halogens is 1. The first-order valence-corrected chi connectivity index (χ1v) is 13.2. The fraction of sp³-hybridized carbons (Fsp3) is 0.462. The summed E-state index contributed by atoms with van der Waals surface area (Å²) in [6.07, 6.45) is 1.83. The number of amides is 1. The second kappa shape index (κ2) is 11.5. The first-order valence-electron chi connectivity index (χ1n) is 12.0. The van der Waals surface area contributed by atoms with Crippen LogP contribution in [0.5, 0.6) is 17.2 Å². The Morgan fingerprint density at radius 1 is 1.11 bits per heavy atom. The zero-order valence-corrected chi connectivity index (χ0v) is 22.1. The number of hydrogen-bond donors (Lipinski definition) is 0. The predicted molar refractivity (Wildman–Crippen MR) is 140 cm³/mol. The van der Waals surface area contributed by atoms with Gasteiger partial charge in [0.25, 0.3) is 5.91 Å². The zero-order chi connectivity index (χ0) is 24.9. The maximum atomic E-state index is 14.0. The highest BCUT2D eigenvalue weighted by atomic mass is 35.5. The maximum Gasteiger partial charge on any atom is 0.260 e. The lowest BCUT2D eigenvalue weighted by molar-refractivity contribution is 0.0916. The quantitative estimate of drug-likeness (QED) is 0.314. The third-order valence-corrected chi connectivity index (χ3v) is 6.92. The number of rotatable bonds is 10. The Labute approximate surface area is 214 Å². The summed E-state index contributed by atoms with van der Waals surface area (Å²) in [5.41, 5.74) is 2.25. The molecule has 0 spiro atoms. The van der Waals surface area contributed by atoms with Gasteiger partial charge in [0.15, 0.2) is 16.6 Å². The standard InChI is InChI=1S/C26H31ClN2O5S/c1-5-31-20-12-17(13-21(32-6-2)24(20)33-7-3)25(30)29(15-19-9-8-10-34-19)26-28-23-16(4)11-18(27)14-22(23)35-26/h11-14,19H,5-10,15H2,1-4H3. The van der Waals surface area contributed by atoms with Gasteiger partial charge in [-0.15, -0.1) is 0 Å². The van der Waals surface area contributed by atoms with Crippen LogP contribution in [0.1, 0.15) is 49.5 Å². The summed E-state index contributed by atoms with van der Waals surface area (Å²) in [6.45, 7) is 10.1. The van der Waals surface area contributed by atoms with E-state index >= 15 is 0 Å². The minimum atomic E-state index is -0.201. The Kier molecular flexibility index (Phi) is 8.36. The van der Waals surface area contributed by atoms with Crippen molar-refractivity contribution in [2.45, 2.75) is 46.6 Å². The number of fused-ring (bicyclic) bond motifs is 1. The van der Waals surface area contributed by atoms with Gasteiger partial charge in [0, 0.05) is 17.2 Å². The molecule has 0 bridgehead atoms. The highest BCUT2D eigenvalue weighted by molar-refractivity contribution is 7.22. The summed E-state index contributed by atoms with van der Waals surface area (Å²) in [4.78, 5) is 20.5. The Bertz CT molecular complexity index is 1160. The number of carbonyl (C=O) groups is 1. The SMILES string of the molecule is CCOc1cc(C(=O)N(CC2CCCO2)c2nc3c(C)cc(Cl)cc3s2)cc(OCC)c1OCC. The van der Waals surface area contributed by atoms with Gasteiger partial charge in [0.2, 0.25) is 5.75 Å². The van der Waals surface area contributed by atoms with Crippen LogP contribution >= 0.6 is 22.9 Å². The van der Waals surface area contributed by atoms with E-state index in [4.69, 9.17) is 35.5 Å². The number of hydrogen-bond acceptors (Lipinski definition) is 7. The molecule has 1 fully saturated rings. The van der Waals surface area contributed by atoms with Crippen molar-refractivity contribution in [2.75, 3.05) is 37.9 Å². The van der Waals surface area contributed by atoms with E-state index in [1.165, 1.54) is 11.3 Å². The van der Waals surface area contributed by atoms with Gasteiger partial charge >= 0.3 is 0 Å². The second-order valence-corrected chi connectivity index (χ2v) is 9.66. The molecule has 9 heteroatoms. The van der Waals surface area contributed by atoms with Gasteiger partial charge in [0.1, 0.15) is 0 Å². The fourth-order valence-corrected chi connectivity index (χ4v) is 5.59. The van der Waals surface area contributed by atoms with Crippen LogP contribution in [0.4, 0.5) is 5.13 Å². The van der Waals surface area contributed by atoms with Gasteiger partial charge in [-0.2, -0.15) is 0 Å². The van der Waals surface area contributed by atoms with Gasteiger partial charge in [0.05, 0.1) is 42.7 Å². The summed E-state index contributed by atoms with van der Waals surface area (Å²) in [5.74, 6) is 1.26. The van der Waals surface area contributed by atoms with Gasteiger partial charge in [-0.25, -0.2) is 4.98 Å². The smallest absolute Gasteiger partial charge is 0.260 e. The Morgan fingerprint density at radius 2 is 1.80 bits per heavy atom. The third kappa shape index (κ3) is 5.66. The zero-order valence-electron chi connectivity index (χ0n) is 20.6. The number of thiazole rings is 1. The lowest BCUT2D eigenvalue weighted by Gasteiger charge is -2.24. The lowest BCUT2D eigenvalue weighted by atomic mass is 10.1. The largest absolute Gasteiger partial charge is 0.490 e. The molecule has 1 aromatic heterocycles. The van der Waals surface area contributed by atoms with E-state index in [0.717, 1.165) is 28.6 Å². The van der Waals surface area contributed by atoms with Crippen LogP contribution in [-0.4, -0.2) is 50.0 Å². The van der Waals surface area contributed by atoms with E-state index < -0.39 is 0 Å². The average Bonchev–Trinajstić information content (AvgIpc) is 3.49. The maximum absolute atomic E-state index is 14.0. The van der Waals surface area contributed by atoms with Crippen LogP contribution in [0.15, 0.2) is 24.3 Å².